The lowest BCUT2D eigenvalue weighted by molar-refractivity contribution is -0.131. The molecule has 1 aliphatic heterocycles. The van der Waals surface area contributed by atoms with Gasteiger partial charge in [-0.25, -0.2) is 13.6 Å². The van der Waals surface area contributed by atoms with Crippen LogP contribution in [0, 0.1) is 11.6 Å². The molecule has 1 heterocycles. The number of halogens is 2. The zero-order valence-electron chi connectivity index (χ0n) is 16.2. The number of rotatable bonds is 5. The van der Waals surface area contributed by atoms with Crippen molar-refractivity contribution >= 4 is 23.5 Å². The van der Waals surface area contributed by atoms with Gasteiger partial charge in [-0.05, 0) is 37.1 Å². The lowest BCUT2D eigenvalue weighted by Gasteiger charge is -2.32. The Morgan fingerprint density at radius 1 is 1.00 bits per heavy atom. The summed E-state index contributed by atoms with van der Waals surface area (Å²) in [7, 11) is 0. The Balaban J connectivity index is 1.40. The van der Waals surface area contributed by atoms with Crippen molar-refractivity contribution < 1.29 is 23.2 Å². The first-order valence-electron chi connectivity index (χ1n) is 9.56. The fraction of sp³-hybridized carbons (Fsp3) is 0.286. The molecule has 2 aromatic carbocycles. The summed E-state index contributed by atoms with van der Waals surface area (Å²) in [5.41, 5.74) is 0.368. The number of nitrogens with zero attached hydrogens (tertiary/aromatic N) is 1. The van der Waals surface area contributed by atoms with Crippen LogP contribution in [0.25, 0.3) is 0 Å². The van der Waals surface area contributed by atoms with Crippen LogP contribution in [0.2, 0.25) is 0 Å². The maximum Gasteiger partial charge on any atom is 0.319 e. The molecule has 3 N–H and O–H groups in total. The van der Waals surface area contributed by atoms with Gasteiger partial charge in [0.05, 0.1) is 12.1 Å². The summed E-state index contributed by atoms with van der Waals surface area (Å²) < 4.78 is 26.6. The molecule has 4 amide bonds. The van der Waals surface area contributed by atoms with Crippen LogP contribution in [0.5, 0.6) is 0 Å². The van der Waals surface area contributed by atoms with E-state index in [2.05, 4.69) is 16.0 Å². The lowest BCUT2D eigenvalue weighted by Crippen LogP contribution is -2.49. The van der Waals surface area contributed by atoms with Gasteiger partial charge in [0, 0.05) is 30.9 Å². The summed E-state index contributed by atoms with van der Waals surface area (Å²) in [6.07, 6.45) is 1.16. The van der Waals surface area contributed by atoms with Crippen molar-refractivity contribution in [3.05, 3.63) is 65.7 Å². The van der Waals surface area contributed by atoms with Crippen LogP contribution in [0.4, 0.5) is 19.3 Å². The molecule has 0 saturated carbocycles. The largest absolute Gasteiger partial charge is 0.343 e. The first kappa shape index (κ1) is 21.2. The van der Waals surface area contributed by atoms with Gasteiger partial charge in [-0.3, -0.25) is 9.59 Å². The summed E-state index contributed by atoms with van der Waals surface area (Å²) in [4.78, 5) is 37.9. The van der Waals surface area contributed by atoms with Crippen LogP contribution in [0.15, 0.2) is 48.5 Å². The number of hydrogen-bond donors (Lipinski definition) is 3. The Morgan fingerprint density at radius 2 is 1.70 bits per heavy atom. The predicted octanol–water partition coefficient (Wildman–Crippen LogP) is 2.51. The molecule has 30 heavy (non-hydrogen) atoms. The Kier molecular flexibility index (Phi) is 6.95. The van der Waals surface area contributed by atoms with Crippen molar-refractivity contribution in [1.82, 2.24) is 15.5 Å². The highest BCUT2D eigenvalue weighted by Crippen LogP contribution is 2.12. The zero-order valence-corrected chi connectivity index (χ0v) is 16.2. The van der Waals surface area contributed by atoms with E-state index in [0.717, 1.165) is 12.1 Å². The van der Waals surface area contributed by atoms with Crippen LogP contribution < -0.4 is 16.0 Å². The molecule has 3 rings (SSSR count). The van der Waals surface area contributed by atoms with E-state index < -0.39 is 17.5 Å². The monoisotopic (exact) mass is 416 g/mol. The van der Waals surface area contributed by atoms with Gasteiger partial charge in [0.2, 0.25) is 5.91 Å². The number of carbonyl (C=O) groups is 3. The molecular weight excluding hydrogens is 394 g/mol. The van der Waals surface area contributed by atoms with Crippen molar-refractivity contribution in [3.63, 3.8) is 0 Å². The summed E-state index contributed by atoms with van der Waals surface area (Å²) in [5, 5.41) is 7.98. The molecule has 2 aromatic rings. The summed E-state index contributed by atoms with van der Waals surface area (Å²) in [5.74, 6) is -2.86. The lowest BCUT2D eigenvalue weighted by atomic mass is 10.1. The minimum absolute atomic E-state index is 0.0688. The van der Waals surface area contributed by atoms with E-state index in [0.29, 0.717) is 37.7 Å². The Bertz CT molecular complexity index is 916. The van der Waals surface area contributed by atoms with Crippen molar-refractivity contribution in [3.8, 4) is 0 Å². The molecule has 0 unspecified atom stereocenters. The van der Waals surface area contributed by atoms with Crippen LogP contribution in [-0.4, -0.2) is 48.4 Å². The number of carbonyl (C=O) groups excluding carboxylic acids is 3. The van der Waals surface area contributed by atoms with Crippen LogP contribution in [0.3, 0.4) is 0 Å². The van der Waals surface area contributed by atoms with E-state index in [9.17, 15) is 23.2 Å². The summed E-state index contributed by atoms with van der Waals surface area (Å²) >= 11 is 0. The third-order valence-electron chi connectivity index (χ3n) is 4.79. The van der Waals surface area contributed by atoms with Crippen LogP contribution in [-0.2, 0) is 4.79 Å². The second kappa shape index (κ2) is 9.82. The SMILES string of the molecule is O=C(Nc1ccccc1)NC1CCN(C(=O)CNC(=O)c2ccc(F)cc2F)CC1. The number of nitrogens with one attached hydrogen (secondary N) is 3. The second-order valence-electron chi connectivity index (χ2n) is 6.93. The predicted molar refractivity (Wildman–Crippen MR) is 107 cm³/mol. The van der Waals surface area contributed by atoms with Crippen LogP contribution >= 0.6 is 0 Å². The fourth-order valence-electron chi connectivity index (χ4n) is 3.18. The average Bonchev–Trinajstić information content (AvgIpc) is 2.73. The molecule has 1 saturated heterocycles. The van der Waals surface area contributed by atoms with Gasteiger partial charge in [-0.1, -0.05) is 18.2 Å². The Morgan fingerprint density at radius 3 is 2.37 bits per heavy atom. The van der Waals surface area contributed by atoms with E-state index in [-0.39, 0.29) is 30.1 Å². The topological polar surface area (TPSA) is 90.5 Å². The van der Waals surface area contributed by atoms with Crippen molar-refractivity contribution in [2.75, 3.05) is 25.0 Å². The number of hydrogen-bond acceptors (Lipinski definition) is 3. The minimum atomic E-state index is -0.986. The van der Waals surface area contributed by atoms with Crippen LogP contribution in [0.1, 0.15) is 23.2 Å². The van der Waals surface area contributed by atoms with Gasteiger partial charge in [0.25, 0.3) is 5.91 Å². The molecule has 0 bridgehead atoms. The third kappa shape index (κ3) is 5.76. The molecule has 0 spiro atoms. The molecule has 0 aliphatic carbocycles. The van der Waals surface area contributed by atoms with Crippen molar-refractivity contribution in [1.29, 1.82) is 0 Å². The molecule has 7 nitrogen and oxygen atoms in total. The number of likely N-dealkylation sites (tertiary alicyclic amines) is 1. The number of urea groups is 1. The molecule has 1 aliphatic rings. The molecule has 158 valence electrons. The fourth-order valence-corrected chi connectivity index (χ4v) is 3.18. The van der Waals surface area contributed by atoms with E-state index >= 15 is 0 Å². The molecule has 9 heteroatoms. The maximum atomic E-state index is 13.6. The first-order valence-corrected chi connectivity index (χ1v) is 9.56. The molecule has 1 fully saturated rings. The van der Waals surface area contributed by atoms with E-state index in [1.807, 2.05) is 18.2 Å². The van der Waals surface area contributed by atoms with Gasteiger partial charge in [0.1, 0.15) is 11.6 Å². The minimum Gasteiger partial charge on any atom is -0.343 e. The molecule has 0 atom stereocenters. The van der Waals surface area contributed by atoms with E-state index in [1.165, 1.54) is 0 Å². The molecule has 0 aromatic heterocycles. The van der Waals surface area contributed by atoms with Gasteiger partial charge in [0.15, 0.2) is 0 Å². The van der Waals surface area contributed by atoms with Gasteiger partial charge in [-0.15, -0.1) is 0 Å². The number of piperidine rings is 1. The second-order valence-corrected chi connectivity index (χ2v) is 6.93. The quantitative estimate of drug-likeness (QED) is 0.700. The Labute approximate surface area is 172 Å². The smallest absolute Gasteiger partial charge is 0.319 e. The van der Waals surface area contributed by atoms with Gasteiger partial charge < -0.3 is 20.9 Å². The highest BCUT2D eigenvalue weighted by molar-refractivity contribution is 5.96. The number of benzene rings is 2. The maximum absolute atomic E-state index is 13.6. The van der Waals surface area contributed by atoms with Crippen molar-refractivity contribution in [2.45, 2.75) is 18.9 Å². The third-order valence-corrected chi connectivity index (χ3v) is 4.79. The summed E-state index contributed by atoms with van der Waals surface area (Å²) in [6, 6.07) is 11.3. The van der Waals surface area contributed by atoms with E-state index in [1.54, 1.807) is 17.0 Å². The van der Waals surface area contributed by atoms with Gasteiger partial charge >= 0.3 is 6.03 Å². The molecule has 0 radical (unpaired) electrons. The highest BCUT2D eigenvalue weighted by atomic mass is 19.1. The van der Waals surface area contributed by atoms with E-state index in [4.69, 9.17) is 0 Å². The average molecular weight is 416 g/mol. The molecular formula is C21H22F2N4O3. The van der Waals surface area contributed by atoms with Crippen molar-refractivity contribution in [2.24, 2.45) is 0 Å². The Hall–Kier alpha value is -3.49. The highest BCUT2D eigenvalue weighted by Gasteiger charge is 2.24. The standard InChI is InChI=1S/C21H22F2N4O3/c22-14-6-7-17(18(23)12-14)20(29)24-13-19(28)27-10-8-16(9-11-27)26-21(30)25-15-4-2-1-3-5-15/h1-7,12,16H,8-11,13H2,(H,24,29)(H2,25,26,30). The number of para-hydroxylation sites is 1. The number of anilines is 1. The van der Waals surface area contributed by atoms with Gasteiger partial charge in [-0.2, -0.15) is 0 Å². The normalized spacial score (nSPS) is 14.1. The number of amides is 4. The summed E-state index contributed by atoms with van der Waals surface area (Å²) in [6.45, 7) is 0.564. The zero-order chi connectivity index (χ0) is 21.5. The first-order chi connectivity index (χ1) is 14.4.